The zero-order valence-electron chi connectivity index (χ0n) is 8.42. The standard InChI is InChI=1S/3Ca.Cu.6H/q3*+2;;6*-1. The van der Waals surface area contributed by atoms with Crippen LogP contribution >= 0.6 is 0 Å². The molecule has 0 aromatic heterocycles. The molecule has 23 valence electrons. The Kier molecular flexibility index (Phi) is 93.7. The topological polar surface area (TPSA) is 0 Å². The van der Waals surface area contributed by atoms with E-state index in [0.717, 1.165) is 0 Å². The van der Waals surface area contributed by atoms with Crippen LogP contribution in [0.4, 0.5) is 0 Å². The van der Waals surface area contributed by atoms with Gasteiger partial charge in [-0.1, -0.05) is 0 Å². The van der Waals surface area contributed by atoms with Crippen LogP contribution in [0.5, 0.6) is 0 Å². The van der Waals surface area contributed by atoms with Crippen LogP contribution in [-0.2, 0) is 17.1 Å². The minimum absolute atomic E-state index is 0. The first-order valence-electron chi connectivity index (χ1n) is 0. The average molecular weight is 190 g/mol. The van der Waals surface area contributed by atoms with Crippen molar-refractivity contribution in [3.63, 3.8) is 0 Å². The fourth-order valence-electron chi connectivity index (χ4n) is 0. The van der Waals surface area contributed by atoms with Crippen molar-refractivity contribution in [1.29, 1.82) is 0 Å². The smallest absolute Gasteiger partial charge is 1.00 e. The van der Waals surface area contributed by atoms with Crippen LogP contribution in [0.25, 0.3) is 0 Å². The molecule has 0 bridgehead atoms. The van der Waals surface area contributed by atoms with Crippen LogP contribution in [0.3, 0.4) is 0 Å². The Morgan fingerprint density at radius 2 is 0.750 bits per heavy atom. The van der Waals surface area contributed by atoms with Crippen molar-refractivity contribution in [3.05, 3.63) is 0 Å². The first kappa shape index (κ1) is 23.9. The van der Waals surface area contributed by atoms with Crippen LogP contribution < -0.4 is 0 Å². The minimum atomic E-state index is 0. The molecule has 1 radical (unpaired) electrons. The van der Waals surface area contributed by atoms with E-state index in [4.69, 9.17) is 0 Å². The Morgan fingerprint density at radius 3 is 0.750 bits per heavy atom. The van der Waals surface area contributed by atoms with Gasteiger partial charge < -0.3 is 8.56 Å². The molecule has 0 aliphatic rings. The van der Waals surface area contributed by atoms with E-state index in [9.17, 15) is 0 Å². The van der Waals surface area contributed by atoms with E-state index in [1.54, 1.807) is 0 Å². The molecule has 0 aliphatic heterocycles. The number of rotatable bonds is 0. The summed E-state index contributed by atoms with van der Waals surface area (Å²) in [5, 5.41) is 0. The Labute approximate surface area is 135 Å². The van der Waals surface area contributed by atoms with Crippen LogP contribution in [0.2, 0.25) is 0 Å². The molecule has 0 aromatic carbocycles. The van der Waals surface area contributed by atoms with Crippen molar-refractivity contribution in [2.75, 3.05) is 0 Å². The molecule has 0 aromatic rings. The van der Waals surface area contributed by atoms with Gasteiger partial charge in [0.05, 0.1) is 0 Å². The van der Waals surface area contributed by atoms with Gasteiger partial charge in [-0.3, -0.25) is 0 Å². The summed E-state index contributed by atoms with van der Waals surface area (Å²) in [6.45, 7) is 0. The summed E-state index contributed by atoms with van der Waals surface area (Å²) in [5.41, 5.74) is 0. The third-order valence-corrected chi connectivity index (χ3v) is 0. The molecule has 0 nitrogen and oxygen atoms in total. The number of hydrogen-bond donors (Lipinski definition) is 0. The van der Waals surface area contributed by atoms with Crippen molar-refractivity contribution in [3.8, 4) is 0 Å². The summed E-state index contributed by atoms with van der Waals surface area (Å²) in [5.74, 6) is 0. The van der Waals surface area contributed by atoms with Gasteiger partial charge >= 0.3 is 113 Å². The normalized spacial score (nSPS) is 0. The van der Waals surface area contributed by atoms with Gasteiger partial charge in [0, 0.05) is 17.1 Å². The Hall–Kier alpha value is 4.30. The molecule has 0 fully saturated rings. The monoisotopic (exact) mass is 189 g/mol. The first-order chi connectivity index (χ1) is 0. The fourth-order valence-corrected chi connectivity index (χ4v) is 0. The molecule has 0 saturated carbocycles. The van der Waals surface area contributed by atoms with Crippen LogP contribution in [0.1, 0.15) is 8.56 Å². The summed E-state index contributed by atoms with van der Waals surface area (Å²) < 4.78 is 0. The summed E-state index contributed by atoms with van der Waals surface area (Å²) in [4.78, 5) is 0. The molecular formula is H6Ca3Cu. The molecule has 0 N–H and O–H groups in total. The van der Waals surface area contributed by atoms with Crippen molar-refractivity contribution in [1.82, 2.24) is 0 Å². The second-order valence-corrected chi connectivity index (χ2v) is 0. The molecular weight excluding hydrogens is 184 g/mol. The molecule has 0 heterocycles. The van der Waals surface area contributed by atoms with Gasteiger partial charge in [0.2, 0.25) is 0 Å². The summed E-state index contributed by atoms with van der Waals surface area (Å²) >= 11 is 0. The minimum Gasteiger partial charge on any atom is -1.00 e. The SMILES string of the molecule is [Ca+2].[Ca+2].[Ca+2].[Cu].[H-].[H-].[H-].[H-].[H-].[H-]. The van der Waals surface area contributed by atoms with Gasteiger partial charge in [0.1, 0.15) is 0 Å². The van der Waals surface area contributed by atoms with Crippen molar-refractivity contribution >= 4 is 113 Å². The van der Waals surface area contributed by atoms with E-state index >= 15 is 0 Å². The molecule has 4 heteroatoms. The van der Waals surface area contributed by atoms with Crippen LogP contribution in [-0.4, -0.2) is 113 Å². The molecule has 0 spiro atoms. The van der Waals surface area contributed by atoms with E-state index in [-0.39, 0.29) is 139 Å². The molecule has 0 atom stereocenters. The largest absolute Gasteiger partial charge is 2.00 e. The van der Waals surface area contributed by atoms with Gasteiger partial charge in [-0.2, -0.15) is 0 Å². The Morgan fingerprint density at radius 1 is 0.750 bits per heavy atom. The van der Waals surface area contributed by atoms with E-state index in [1.165, 1.54) is 0 Å². The second-order valence-electron chi connectivity index (χ2n) is 0. The average Bonchev–Trinajstić information content (AvgIpc) is 0. The van der Waals surface area contributed by atoms with Crippen LogP contribution in [0, 0.1) is 0 Å². The zero-order valence-corrected chi connectivity index (χ0v) is 9.99. The molecule has 0 aliphatic carbocycles. The van der Waals surface area contributed by atoms with Gasteiger partial charge in [-0.05, 0) is 0 Å². The van der Waals surface area contributed by atoms with Gasteiger partial charge in [-0.25, -0.2) is 0 Å². The molecule has 0 saturated heterocycles. The van der Waals surface area contributed by atoms with Gasteiger partial charge in [0.15, 0.2) is 0 Å². The molecule has 4 heavy (non-hydrogen) atoms. The maximum absolute atomic E-state index is 0. The van der Waals surface area contributed by atoms with Gasteiger partial charge in [0.25, 0.3) is 0 Å². The van der Waals surface area contributed by atoms with Crippen LogP contribution in [0.15, 0.2) is 0 Å². The third kappa shape index (κ3) is 9.57. The first-order valence-corrected chi connectivity index (χ1v) is 0. The maximum Gasteiger partial charge on any atom is 2.00 e. The summed E-state index contributed by atoms with van der Waals surface area (Å²) in [6, 6.07) is 0. The summed E-state index contributed by atoms with van der Waals surface area (Å²) in [7, 11) is 0. The molecule has 0 amide bonds. The Balaban J connectivity index is 0. The Bertz CT molecular complexity index is 13.0. The van der Waals surface area contributed by atoms with Gasteiger partial charge in [-0.15, -0.1) is 0 Å². The van der Waals surface area contributed by atoms with Crippen molar-refractivity contribution < 1.29 is 25.6 Å². The van der Waals surface area contributed by atoms with E-state index in [2.05, 4.69) is 0 Å². The third-order valence-electron chi connectivity index (χ3n) is 0. The second kappa shape index (κ2) is 15.7. The molecule has 0 rings (SSSR count). The quantitative estimate of drug-likeness (QED) is 0.453. The predicted octanol–water partition coefficient (Wildman–Crippen LogP) is -0.470. The van der Waals surface area contributed by atoms with Crippen molar-refractivity contribution in [2.45, 2.75) is 0 Å². The fraction of sp³-hybridized carbons (Fsp3) is 0. The van der Waals surface area contributed by atoms with E-state index < -0.39 is 0 Å². The maximum atomic E-state index is 0. The predicted molar refractivity (Wildman–Crippen MR) is 23.9 cm³/mol. The number of hydrogen-bond acceptors (Lipinski definition) is 0. The summed E-state index contributed by atoms with van der Waals surface area (Å²) in [6.07, 6.45) is 0. The van der Waals surface area contributed by atoms with Crippen molar-refractivity contribution in [2.24, 2.45) is 0 Å². The molecule has 0 unspecified atom stereocenters. The van der Waals surface area contributed by atoms with E-state index in [0.29, 0.717) is 0 Å². The van der Waals surface area contributed by atoms with E-state index in [1.807, 2.05) is 0 Å². The zero-order chi connectivity index (χ0) is 0.